The fraction of sp³-hybridized carbons (Fsp3) is 0.281. The molecule has 0 radical (unpaired) electrons. The van der Waals surface area contributed by atoms with Crippen LogP contribution in [-0.2, 0) is 29.0 Å². The van der Waals surface area contributed by atoms with Gasteiger partial charge in [-0.15, -0.1) is 11.3 Å². The Kier molecular flexibility index (Phi) is 8.26. The number of carbonyl (C=O) groups is 4. The number of fused-ring (bicyclic) bond motifs is 2. The molecule has 15 heteroatoms. The lowest BCUT2D eigenvalue weighted by Gasteiger charge is -2.28. The van der Waals surface area contributed by atoms with E-state index in [0.717, 1.165) is 21.1 Å². The Labute approximate surface area is 270 Å². The molecule has 2 aliphatic rings. The highest BCUT2D eigenvalue weighted by molar-refractivity contribution is 7.14. The third-order valence-electron chi connectivity index (χ3n) is 8.12. The van der Waals surface area contributed by atoms with Crippen LogP contribution in [-0.4, -0.2) is 71.8 Å². The minimum absolute atomic E-state index is 0.0671. The number of esters is 1. The number of hydrogen-bond acceptors (Lipinski definition) is 8. The van der Waals surface area contributed by atoms with Crippen molar-refractivity contribution in [2.75, 3.05) is 37.0 Å². The number of methoxy groups -OCH3 is 1. The third-order valence-corrected chi connectivity index (χ3v) is 9.23. The van der Waals surface area contributed by atoms with Gasteiger partial charge in [-0.3, -0.25) is 14.4 Å². The first kappa shape index (κ1) is 31.8. The lowest BCUT2D eigenvalue weighted by molar-refractivity contribution is -0.186. The Bertz CT molecular complexity index is 1880. The molecule has 6 rings (SSSR count). The third kappa shape index (κ3) is 6.05. The molecule has 0 N–H and O–H groups in total. The van der Waals surface area contributed by atoms with Gasteiger partial charge >= 0.3 is 18.1 Å². The van der Waals surface area contributed by atoms with Crippen molar-refractivity contribution in [2.24, 2.45) is 0 Å². The van der Waals surface area contributed by atoms with Crippen LogP contribution in [0.5, 0.6) is 10.8 Å². The molecule has 2 aromatic heterocycles. The van der Waals surface area contributed by atoms with Crippen LogP contribution in [0.1, 0.15) is 43.9 Å². The number of carbonyl (C=O) groups excluding carboxylic acids is 4. The Morgan fingerprint density at radius 2 is 1.66 bits per heavy atom. The van der Waals surface area contributed by atoms with Crippen LogP contribution in [0.25, 0.3) is 5.69 Å². The molecule has 0 saturated heterocycles. The zero-order valence-electron chi connectivity index (χ0n) is 25.5. The summed E-state index contributed by atoms with van der Waals surface area (Å²) in [5.74, 6) is -2.70. The summed E-state index contributed by atoms with van der Waals surface area (Å²) in [6.45, 7) is 1.33. The highest BCUT2D eigenvalue weighted by atomic mass is 32.1. The largest absolute Gasteiger partial charge is 0.497 e. The van der Waals surface area contributed by atoms with Gasteiger partial charge < -0.3 is 24.2 Å². The Balaban J connectivity index is 1.30. The van der Waals surface area contributed by atoms with Gasteiger partial charge in [0.2, 0.25) is 5.91 Å². The molecule has 0 saturated carbocycles. The maximum atomic E-state index is 14.1. The van der Waals surface area contributed by atoms with E-state index in [0.29, 0.717) is 33.9 Å². The standard InChI is InChI=1S/C32H28F3N5O6S/c1-18(41)37(2)20-4-6-21(7-5-20)39-15-12-24-27(36-40(28(24)29(39)42)22-8-10-23(45-3)11-9-22)30(43)46-26-16-19-17-38(14-13-25(19)47-26)31(44)32(33,34)35/h4-11,16H,12-15,17H2,1-3H3. The summed E-state index contributed by atoms with van der Waals surface area (Å²) in [5.41, 5.74) is 2.72. The van der Waals surface area contributed by atoms with Gasteiger partial charge in [0.25, 0.3) is 5.91 Å². The number of hydrogen-bond donors (Lipinski definition) is 0. The summed E-state index contributed by atoms with van der Waals surface area (Å²) in [6.07, 6.45) is -4.52. The average Bonchev–Trinajstić information content (AvgIpc) is 3.65. The number of anilines is 2. The number of rotatable bonds is 6. The van der Waals surface area contributed by atoms with Crippen LogP contribution in [0.3, 0.4) is 0 Å². The number of aromatic nitrogens is 2. The lowest BCUT2D eigenvalue weighted by atomic mass is 10.0. The topological polar surface area (TPSA) is 114 Å². The zero-order chi connectivity index (χ0) is 33.6. The normalized spacial score (nSPS) is 14.4. The minimum Gasteiger partial charge on any atom is -0.497 e. The molecular formula is C32H28F3N5O6S. The van der Waals surface area contributed by atoms with E-state index in [4.69, 9.17) is 9.47 Å². The molecule has 2 aliphatic heterocycles. The summed E-state index contributed by atoms with van der Waals surface area (Å²) >= 11 is 1.12. The number of ether oxygens (including phenoxy) is 2. The van der Waals surface area contributed by atoms with Crippen molar-refractivity contribution >= 4 is 46.4 Å². The molecule has 11 nitrogen and oxygen atoms in total. The van der Waals surface area contributed by atoms with E-state index in [1.54, 1.807) is 60.5 Å². The molecule has 3 amide bonds. The molecule has 4 heterocycles. The van der Waals surface area contributed by atoms with E-state index in [2.05, 4.69) is 5.10 Å². The fourth-order valence-electron chi connectivity index (χ4n) is 5.57. The fourth-order valence-corrected chi connectivity index (χ4v) is 6.58. The van der Waals surface area contributed by atoms with Crippen LogP contribution in [0.15, 0.2) is 54.6 Å². The summed E-state index contributed by atoms with van der Waals surface area (Å²) in [7, 11) is 3.17. The van der Waals surface area contributed by atoms with Gasteiger partial charge in [-0.25, -0.2) is 9.48 Å². The molecule has 2 aromatic carbocycles. The average molecular weight is 668 g/mol. The van der Waals surface area contributed by atoms with Crippen molar-refractivity contribution in [1.82, 2.24) is 14.7 Å². The molecule has 244 valence electrons. The van der Waals surface area contributed by atoms with Crippen molar-refractivity contribution < 1.29 is 41.8 Å². The highest BCUT2D eigenvalue weighted by Gasteiger charge is 2.43. The molecular weight excluding hydrogens is 639 g/mol. The number of alkyl halides is 3. The summed E-state index contributed by atoms with van der Waals surface area (Å²) in [5, 5.41) is 4.68. The minimum atomic E-state index is -4.98. The van der Waals surface area contributed by atoms with E-state index >= 15 is 0 Å². The first-order chi connectivity index (χ1) is 22.3. The molecule has 0 aliphatic carbocycles. The summed E-state index contributed by atoms with van der Waals surface area (Å²) in [4.78, 5) is 55.7. The van der Waals surface area contributed by atoms with Crippen molar-refractivity contribution in [2.45, 2.75) is 32.5 Å². The smallest absolute Gasteiger partial charge is 0.471 e. The van der Waals surface area contributed by atoms with Gasteiger partial charge in [-0.2, -0.15) is 18.3 Å². The summed E-state index contributed by atoms with van der Waals surface area (Å²) < 4.78 is 51.3. The van der Waals surface area contributed by atoms with Crippen LogP contribution in [0, 0.1) is 0 Å². The Hall–Kier alpha value is -5.18. The Morgan fingerprint density at radius 3 is 2.30 bits per heavy atom. The van der Waals surface area contributed by atoms with Crippen molar-refractivity contribution in [1.29, 1.82) is 0 Å². The maximum Gasteiger partial charge on any atom is 0.471 e. The second-order valence-corrected chi connectivity index (χ2v) is 12.1. The predicted octanol–water partition coefficient (Wildman–Crippen LogP) is 4.79. The molecule has 0 atom stereocenters. The molecule has 0 bridgehead atoms. The second kappa shape index (κ2) is 12.2. The number of halogens is 3. The van der Waals surface area contributed by atoms with Crippen molar-refractivity contribution in [3.05, 3.63) is 82.0 Å². The van der Waals surface area contributed by atoms with Gasteiger partial charge in [0, 0.05) is 55.4 Å². The van der Waals surface area contributed by atoms with Crippen molar-refractivity contribution in [3.63, 3.8) is 0 Å². The summed E-state index contributed by atoms with van der Waals surface area (Å²) in [6, 6.07) is 15.2. The highest BCUT2D eigenvalue weighted by Crippen LogP contribution is 2.36. The molecule has 47 heavy (non-hydrogen) atoms. The second-order valence-electron chi connectivity index (χ2n) is 11.0. The first-order valence-electron chi connectivity index (χ1n) is 14.5. The number of benzene rings is 2. The first-order valence-corrected chi connectivity index (χ1v) is 15.3. The molecule has 0 unspecified atom stereocenters. The van der Waals surface area contributed by atoms with Gasteiger partial charge in [-0.05, 0) is 73.0 Å². The van der Waals surface area contributed by atoms with Crippen molar-refractivity contribution in [3.8, 4) is 16.5 Å². The lowest BCUT2D eigenvalue weighted by Crippen LogP contribution is -2.43. The van der Waals surface area contributed by atoms with E-state index in [9.17, 15) is 32.3 Å². The van der Waals surface area contributed by atoms with E-state index in [1.807, 2.05) is 0 Å². The quantitative estimate of drug-likeness (QED) is 0.272. The van der Waals surface area contributed by atoms with Gasteiger partial charge in [-0.1, -0.05) is 0 Å². The number of amides is 3. The molecule has 0 fully saturated rings. The number of nitrogens with zero attached hydrogens (tertiary/aromatic N) is 5. The van der Waals surface area contributed by atoms with Gasteiger partial charge in [0.05, 0.1) is 12.8 Å². The van der Waals surface area contributed by atoms with E-state index < -0.39 is 24.0 Å². The van der Waals surface area contributed by atoms with Crippen LogP contribution < -0.4 is 19.3 Å². The molecule has 0 spiro atoms. The van der Waals surface area contributed by atoms with E-state index in [-0.39, 0.29) is 54.8 Å². The van der Waals surface area contributed by atoms with Gasteiger partial charge in [0.15, 0.2) is 10.8 Å². The van der Waals surface area contributed by atoms with E-state index in [1.165, 1.54) is 29.7 Å². The SMILES string of the molecule is COc1ccc(-n2nc(C(=O)Oc3cc4c(s3)CCN(C(=O)C(F)(F)F)C4)c3c2C(=O)N(c2ccc(N(C)C(C)=O)cc2)CC3)cc1. The van der Waals surface area contributed by atoms with Gasteiger partial charge in [0.1, 0.15) is 11.4 Å². The maximum absolute atomic E-state index is 14.1. The van der Waals surface area contributed by atoms with Crippen LogP contribution in [0.2, 0.25) is 0 Å². The predicted molar refractivity (Wildman–Crippen MR) is 165 cm³/mol. The number of thiophene rings is 1. The Morgan fingerprint density at radius 1 is 0.979 bits per heavy atom. The van der Waals surface area contributed by atoms with Crippen LogP contribution in [0.4, 0.5) is 24.5 Å². The zero-order valence-corrected chi connectivity index (χ0v) is 26.3. The van der Waals surface area contributed by atoms with Crippen LogP contribution >= 0.6 is 11.3 Å². The monoisotopic (exact) mass is 667 g/mol. The molecule has 4 aromatic rings.